The van der Waals surface area contributed by atoms with Crippen LogP contribution in [0.4, 0.5) is 0 Å². The number of aliphatic carboxylic acids is 1. The summed E-state index contributed by atoms with van der Waals surface area (Å²) >= 11 is 0. The fourth-order valence-corrected chi connectivity index (χ4v) is 3.56. The Morgan fingerprint density at radius 2 is 1.72 bits per heavy atom. The Morgan fingerprint density at radius 3 is 2.33 bits per heavy atom. The van der Waals surface area contributed by atoms with Crippen molar-refractivity contribution in [3.63, 3.8) is 0 Å². The summed E-state index contributed by atoms with van der Waals surface area (Å²) in [5.41, 5.74) is 1.84. The van der Waals surface area contributed by atoms with Gasteiger partial charge in [0.05, 0.1) is 18.2 Å². The van der Waals surface area contributed by atoms with Gasteiger partial charge in [0.2, 0.25) is 5.88 Å². The van der Waals surface area contributed by atoms with Crippen LogP contribution in [0.3, 0.4) is 0 Å². The van der Waals surface area contributed by atoms with Crippen LogP contribution in [0, 0.1) is 19.3 Å². The maximum Gasteiger partial charge on any atom is 0.305 e. The monoisotopic (exact) mass is 493 g/mol. The van der Waals surface area contributed by atoms with Crippen LogP contribution in [0.1, 0.15) is 67.3 Å². The van der Waals surface area contributed by atoms with Crippen LogP contribution in [0.5, 0.6) is 5.88 Å². The minimum atomic E-state index is -1.14. The molecule has 2 atom stereocenters. The Morgan fingerprint density at radius 1 is 1.06 bits per heavy atom. The average Bonchev–Trinajstić information content (AvgIpc) is 3.23. The molecule has 8 heteroatoms. The Labute approximate surface area is 211 Å². The highest BCUT2D eigenvalue weighted by atomic mass is 16.5. The molecule has 0 unspecified atom stereocenters. The molecule has 0 aliphatic carbocycles. The maximum atomic E-state index is 13.3. The van der Waals surface area contributed by atoms with E-state index in [0.29, 0.717) is 5.69 Å². The molecular weight excluding hydrogens is 458 g/mol. The lowest BCUT2D eigenvalue weighted by Crippen LogP contribution is -2.45. The van der Waals surface area contributed by atoms with Crippen molar-refractivity contribution < 1.29 is 24.5 Å². The number of para-hydroxylation sites is 1. The second-order valence-electron chi connectivity index (χ2n) is 10.3. The number of ether oxygens (including phenoxy) is 1. The molecule has 0 aliphatic heterocycles. The van der Waals surface area contributed by atoms with Crippen LogP contribution >= 0.6 is 0 Å². The number of aryl methyl sites for hydroxylation is 1. The summed E-state index contributed by atoms with van der Waals surface area (Å²) in [5.74, 6) is -1.26. The quantitative estimate of drug-likeness (QED) is 0.401. The van der Waals surface area contributed by atoms with Crippen molar-refractivity contribution in [2.75, 3.05) is 6.61 Å². The minimum Gasteiger partial charge on any atom is -0.481 e. The number of carbonyl (C=O) groups excluding carboxylic acids is 1. The average molecular weight is 494 g/mol. The number of rotatable bonds is 9. The molecule has 192 valence electrons. The standard InChI is InChI=1S/C28H35N3O5/c1-18-11-10-14-21(19(18)2)22(16-25(32)33)29-26(34)23-15-24(36-17-28(6,35)27(3,4)5)31(30-23)20-12-8-7-9-13-20/h7-15,22,35H,16-17H2,1-6H3,(H,29,34)(H,32,33)/t22-,28-/m0/s1. The predicted molar refractivity (Wildman–Crippen MR) is 138 cm³/mol. The molecule has 0 fully saturated rings. The van der Waals surface area contributed by atoms with Gasteiger partial charge < -0.3 is 20.3 Å². The highest BCUT2D eigenvalue weighted by Gasteiger charge is 2.36. The smallest absolute Gasteiger partial charge is 0.305 e. The molecule has 3 N–H and O–H groups in total. The van der Waals surface area contributed by atoms with E-state index in [-0.39, 0.29) is 24.6 Å². The molecule has 8 nitrogen and oxygen atoms in total. The van der Waals surface area contributed by atoms with Gasteiger partial charge in [0, 0.05) is 6.07 Å². The van der Waals surface area contributed by atoms with Crippen molar-refractivity contribution in [2.45, 2.75) is 59.6 Å². The van der Waals surface area contributed by atoms with Crippen LogP contribution in [0.15, 0.2) is 54.6 Å². The first-order valence-corrected chi connectivity index (χ1v) is 11.9. The van der Waals surface area contributed by atoms with Crippen LogP contribution in [0.2, 0.25) is 0 Å². The minimum absolute atomic E-state index is 0.0137. The summed E-state index contributed by atoms with van der Waals surface area (Å²) in [4.78, 5) is 24.9. The number of benzene rings is 2. The highest BCUT2D eigenvalue weighted by molar-refractivity contribution is 5.93. The number of carboxylic acid groups (broad SMARTS) is 1. The molecular formula is C28H35N3O5. The SMILES string of the molecule is Cc1cccc([C@H](CC(=O)O)NC(=O)c2cc(OC[C@](C)(O)C(C)(C)C)n(-c3ccccc3)n2)c1C. The Kier molecular flexibility index (Phi) is 7.89. The van der Waals surface area contributed by atoms with Gasteiger partial charge in [0.25, 0.3) is 5.91 Å². The lowest BCUT2D eigenvalue weighted by atomic mass is 9.78. The van der Waals surface area contributed by atoms with E-state index in [1.807, 2.05) is 83.1 Å². The molecule has 36 heavy (non-hydrogen) atoms. The molecule has 0 aliphatic rings. The number of aromatic nitrogens is 2. The molecule has 1 heterocycles. The molecule has 2 aromatic carbocycles. The Bertz CT molecular complexity index is 1230. The van der Waals surface area contributed by atoms with Crippen LogP contribution in [0.25, 0.3) is 5.69 Å². The third-order valence-corrected chi connectivity index (χ3v) is 6.73. The van der Waals surface area contributed by atoms with Crippen molar-refractivity contribution >= 4 is 11.9 Å². The second kappa shape index (κ2) is 10.5. The zero-order chi connectivity index (χ0) is 26.7. The largest absolute Gasteiger partial charge is 0.481 e. The molecule has 1 aromatic heterocycles. The Hall–Kier alpha value is -3.65. The highest BCUT2D eigenvalue weighted by Crippen LogP contribution is 2.31. The number of aliphatic hydroxyl groups is 1. The summed E-state index contributed by atoms with van der Waals surface area (Å²) in [7, 11) is 0. The van der Waals surface area contributed by atoms with E-state index < -0.39 is 28.9 Å². The molecule has 0 bridgehead atoms. The van der Waals surface area contributed by atoms with Gasteiger partial charge in [0.1, 0.15) is 12.2 Å². The first kappa shape index (κ1) is 26.9. The third kappa shape index (κ3) is 6.12. The number of nitrogens with zero attached hydrogens (tertiary/aromatic N) is 2. The summed E-state index contributed by atoms with van der Waals surface area (Å²) in [6.45, 7) is 11.3. The zero-order valence-electron chi connectivity index (χ0n) is 21.7. The van der Waals surface area contributed by atoms with Gasteiger partial charge in [-0.3, -0.25) is 9.59 Å². The van der Waals surface area contributed by atoms with Crippen LogP contribution in [-0.4, -0.2) is 44.1 Å². The van der Waals surface area contributed by atoms with E-state index in [1.165, 1.54) is 10.7 Å². The van der Waals surface area contributed by atoms with E-state index in [4.69, 9.17) is 4.74 Å². The summed E-state index contributed by atoms with van der Waals surface area (Å²) in [6, 6.07) is 15.6. The molecule has 3 aromatic rings. The maximum absolute atomic E-state index is 13.3. The fourth-order valence-electron chi connectivity index (χ4n) is 3.56. The fraction of sp³-hybridized carbons (Fsp3) is 0.393. The van der Waals surface area contributed by atoms with E-state index >= 15 is 0 Å². The molecule has 0 spiro atoms. The lowest BCUT2D eigenvalue weighted by molar-refractivity contribution is -0.137. The molecule has 3 rings (SSSR count). The number of amides is 1. The van der Waals surface area contributed by atoms with Crippen molar-refractivity contribution in [2.24, 2.45) is 5.41 Å². The van der Waals surface area contributed by atoms with Gasteiger partial charge in [-0.05, 0) is 55.0 Å². The number of hydrogen-bond acceptors (Lipinski definition) is 5. The van der Waals surface area contributed by atoms with Crippen molar-refractivity contribution in [1.29, 1.82) is 0 Å². The van der Waals surface area contributed by atoms with E-state index in [0.717, 1.165) is 16.7 Å². The van der Waals surface area contributed by atoms with Gasteiger partial charge in [-0.2, -0.15) is 5.10 Å². The topological polar surface area (TPSA) is 114 Å². The van der Waals surface area contributed by atoms with E-state index in [9.17, 15) is 19.8 Å². The van der Waals surface area contributed by atoms with Crippen LogP contribution < -0.4 is 10.1 Å². The lowest BCUT2D eigenvalue weighted by Gasteiger charge is -2.36. The Balaban J connectivity index is 1.94. The third-order valence-electron chi connectivity index (χ3n) is 6.73. The molecule has 0 saturated heterocycles. The summed E-state index contributed by atoms with van der Waals surface area (Å²) in [6.07, 6.45) is -0.271. The normalized spacial score (nSPS) is 14.1. The van der Waals surface area contributed by atoms with Crippen molar-refractivity contribution in [1.82, 2.24) is 15.1 Å². The zero-order valence-corrected chi connectivity index (χ0v) is 21.7. The van der Waals surface area contributed by atoms with Gasteiger partial charge in [-0.15, -0.1) is 0 Å². The van der Waals surface area contributed by atoms with Crippen LogP contribution in [-0.2, 0) is 4.79 Å². The van der Waals surface area contributed by atoms with Gasteiger partial charge in [-0.25, -0.2) is 4.68 Å². The molecule has 1 amide bonds. The molecule has 0 radical (unpaired) electrons. The first-order valence-electron chi connectivity index (χ1n) is 11.9. The predicted octanol–water partition coefficient (Wildman–Crippen LogP) is 4.61. The van der Waals surface area contributed by atoms with E-state index in [1.54, 1.807) is 6.92 Å². The number of carbonyl (C=O) groups is 2. The van der Waals surface area contributed by atoms with E-state index in [2.05, 4.69) is 10.4 Å². The second-order valence-corrected chi connectivity index (χ2v) is 10.3. The first-order chi connectivity index (χ1) is 16.8. The van der Waals surface area contributed by atoms with Crippen molar-refractivity contribution in [3.8, 4) is 11.6 Å². The number of hydrogen-bond donors (Lipinski definition) is 3. The summed E-state index contributed by atoms with van der Waals surface area (Å²) in [5, 5.41) is 27.7. The summed E-state index contributed by atoms with van der Waals surface area (Å²) < 4.78 is 7.48. The van der Waals surface area contributed by atoms with Crippen molar-refractivity contribution in [3.05, 3.63) is 77.0 Å². The number of carboxylic acids is 1. The van der Waals surface area contributed by atoms with Gasteiger partial charge in [-0.1, -0.05) is 57.2 Å². The number of nitrogens with one attached hydrogen (secondary N) is 1. The molecule has 0 saturated carbocycles. The van der Waals surface area contributed by atoms with Gasteiger partial charge in [0.15, 0.2) is 5.69 Å². The van der Waals surface area contributed by atoms with Gasteiger partial charge >= 0.3 is 5.97 Å².